The second kappa shape index (κ2) is 3.79. The average Bonchev–Trinajstić information content (AvgIpc) is 2.54. The van der Waals surface area contributed by atoms with Crippen LogP contribution in [0.2, 0.25) is 0 Å². The van der Waals surface area contributed by atoms with Crippen molar-refractivity contribution >= 4 is 11.5 Å². The molecule has 0 fully saturated rings. The number of ketones is 1. The summed E-state index contributed by atoms with van der Waals surface area (Å²) in [6, 6.07) is 1.07. The molecule has 18 heavy (non-hydrogen) atoms. The van der Waals surface area contributed by atoms with E-state index in [2.05, 4.69) is 0 Å². The van der Waals surface area contributed by atoms with Gasteiger partial charge in [0.2, 0.25) is 0 Å². The van der Waals surface area contributed by atoms with E-state index in [1.807, 2.05) is 0 Å². The maximum absolute atomic E-state index is 13.3. The molecule has 1 aliphatic carbocycles. The molecule has 0 radical (unpaired) electrons. The van der Waals surface area contributed by atoms with Gasteiger partial charge in [-0.05, 0) is 17.2 Å². The van der Waals surface area contributed by atoms with Crippen molar-refractivity contribution in [1.82, 2.24) is 0 Å². The number of carbonyl (C=O) groups is 1. The van der Waals surface area contributed by atoms with Crippen LogP contribution in [-0.2, 0) is 11.2 Å². The fourth-order valence-electron chi connectivity index (χ4n) is 1.76. The quantitative estimate of drug-likeness (QED) is 0.724. The molecule has 96 valence electrons. The zero-order chi connectivity index (χ0) is 13.7. The Kier molecular flexibility index (Phi) is 2.64. The molecule has 1 aromatic rings. The number of halogens is 5. The smallest absolute Gasteiger partial charge is 0.454 e. The molecule has 0 heterocycles. The lowest BCUT2D eigenvalue weighted by Crippen LogP contribution is -2.26. The SMILES string of the molecule is O=C(C1=C([O-])c2cc(F)cc(F)c2C1)C(F)(F)F. The third kappa shape index (κ3) is 1.85. The van der Waals surface area contributed by atoms with Gasteiger partial charge in [0.25, 0.3) is 5.78 Å². The lowest BCUT2D eigenvalue weighted by molar-refractivity contribution is -0.244. The van der Waals surface area contributed by atoms with Gasteiger partial charge in [0.15, 0.2) is 0 Å². The zero-order valence-corrected chi connectivity index (χ0v) is 8.57. The fourth-order valence-corrected chi connectivity index (χ4v) is 1.76. The first-order valence-corrected chi connectivity index (χ1v) is 4.71. The summed E-state index contributed by atoms with van der Waals surface area (Å²) in [5.41, 5.74) is -1.99. The van der Waals surface area contributed by atoms with Gasteiger partial charge in [-0.15, -0.1) is 0 Å². The van der Waals surface area contributed by atoms with Gasteiger partial charge in [-0.25, -0.2) is 8.78 Å². The van der Waals surface area contributed by atoms with Crippen molar-refractivity contribution < 1.29 is 31.9 Å². The van der Waals surface area contributed by atoms with Crippen LogP contribution in [-0.4, -0.2) is 12.0 Å². The molecule has 0 saturated carbocycles. The summed E-state index contributed by atoms with van der Waals surface area (Å²) < 4.78 is 62.7. The molecule has 0 aliphatic heterocycles. The number of Topliss-reactive ketones (excluding diaryl/α,β-unsaturated/α-hetero) is 1. The highest BCUT2D eigenvalue weighted by Gasteiger charge is 2.42. The van der Waals surface area contributed by atoms with Crippen LogP contribution in [0.25, 0.3) is 5.76 Å². The number of fused-ring (bicyclic) bond motifs is 1. The molecule has 7 heteroatoms. The summed E-state index contributed by atoms with van der Waals surface area (Å²) in [6.07, 6.45) is -5.97. The van der Waals surface area contributed by atoms with Crippen LogP contribution in [0.15, 0.2) is 17.7 Å². The zero-order valence-electron chi connectivity index (χ0n) is 8.57. The van der Waals surface area contributed by atoms with Gasteiger partial charge in [0, 0.05) is 18.1 Å². The Labute approximate surface area is 97.3 Å². The topological polar surface area (TPSA) is 40.1 Å². The highest BCUT2D eigenvalue weighted by atomic mass is 19.4. The van der Waals surface area contributed by atoms with Gasteiger partial charge in [-0.1, -0.05) is 5.76 Å². The maximum Gasteiger partial charge on any atom is 0.454 e. The molecular formula is C11H4F5O2-. The number of alkyl halides is 3. The van der Waals surface area contributed by atoms with E-state index >= 15 is 0 Å². The van der Waals surface area contributed by atoms with E-state index < -0.39 is 46.9 Å². The highest BCUT2D eigenvalue weighted by molar-refractivity contribution is 6.06. The first kappa shape index (κ1) is 12.5. The molecule has 0 unspecified atom stereocenters. The summed E-state index contributed by atoms with van der Waals surface area (Å²) in [4.78, 5) is 10.9. The van der Waals surface area contributed by atoms with E-state index in [0.717, 1.165) is 0 Å². The number of benzene rings is 1. The predicted molar refractivity (Wildman–Crippen MR) is 48.0 cm³/mol. The van der Waals surface area contributed by atoms with E-state index in [4.69, 9.17) is 0 Å². The highest BCUT2D eigenvalue weighted by Crippen LogP contribution is 2.35. The lowest BCUT2D eigenvalue weighted by Gasteiger charge is -2.13. The lowest BCUT2D eigenvalue weighted by atomic mass is 10.1. The van der Waals surface area contributed by atoms with Crippen molar-refractivity contribution in [2.45, 2.75) is 12.6 Å². The van der Waals surface area contributed by atoms with Crippen LogP contribution in [0.1, 0.15) is 11.1 Å². The summed E-state index contributed by atoms with van der Waals surface area (Å²) in [5.74, 6) is -5.81. The average molecular weight is 263 g/mol. The van der Waals surface area contributed by atoms with Crippen molar-refractivity contribution in [2.75, 3.05) is 0 Å². The molecule has 0 saturated heterocycles. The van der Waals surface area contributed by atoms with E-state index in [1.165, 1.54) is 0 Å². The Hall–Kier alpha value is -1.92. The van der Waals surface area contributed by atoms with Gasteiger partial charge < -0.3 is 5.11 Å². The molecule has 0 bridgehead atoms. The van der Waals surface area contributed by atoms with Gasteiger partial charge >= 0.3 is 6.18 Å². The number of carbonyl (C=O) groups excluding carboxylic acids is 1. The van der Waals surface area contributed by atoms with E-state index in [9.17, 15) is 31.9 Å². The molecular weight excluding hydrogens is 259 g/mol. The minimum Gasteiger partial charge on any atom is -0.872 e. The molecule has 1 aromatic carbocycles. The molecule has 0 N–H and O–H groups in total. The van der Waals surface area contributed by atoms with Crippen LogP contribution in [0.3, 0.4) is 0 Å². The number of allylic oxidation sites excluding steroid dienone is 1. The number of hydrogen-bond donors (Lipinski definition) is 0. The molecule has 0 amide bonds. The first-order chi connectivity index (χ1) is 8.21. The van der Waals surface area contributed by atoms with Gasteiger partial charge in [0.05, 0.1) is 0 Å². The van der Waals surface area contributed by atoms with E-state index in [-0.39, 0.29) is 5.56 Å². The van der Waals surface area contributed by atoms with Crippen LogP contribution in [0, 0.1) is 11.6 Å². The minimum absolute atomic E-state index is 0.381. The largest absolute Gasteiger partial charge is 0.872 e. The Morgan fingerprint density at radius 1 is 1.22 bits per heavy atom. The Balaban J connectivity index is 2.52. The number of hydrogen-bond acceptors (Lipinski definition) is 2. The molecule has 0 atom stereocenters. The summed E-state index contributed by atoms with van der Waals surface area (Å²) in [5, 5.41) is 11.5. The fraction of sp³-hybridized carbons (Fsp3) is 0.182. The Morgan fingerprint density at radius 2 is 1.83 bits per heavy atom. The van der Waals surface area contributed by atoms with Crippen LogP contribution < -0.4 is 5.11 Å². The van der Waals surface area contributed by atoms with Gasteiger partial charge in [-0.3, -0.25) is 4.79 Å². The van der Waals surface area contributed by atoms with Crippen molar-refractivity contribution in [3.05, 3.63) is 40.5 Å². The molecule has 1 aliphatic rings. The second-order valence-corrected chi connectivity index (χ2v) is 3.73. The van der Waals surface area contributed by atoms with E-state index in [1.54, 1.807) is 0 Å². The van der Waals surface area contributed by atoms with Gasteiger partial charge in [-0.2, -0.15) is 13.2 Å². The second-order valence-electron chi connectivity index (χ2n) is 3.73. The van der Waals surface area contributed by atoms with E-state index in [0.29, 0.717) is 12.1 Å². The third-order valence-electron chi connectivity index (χ3n) is 2.56. The first-order valence-electron chi connectivity index (χ1n) is 4.71. The van der Waals surface area contributed by atoms with Gasteiger partial charge in [0.1, 0.15) is 11.6 Å². The summed E-state index contributed by atoms with van der Waals surface area (Å²) >= 11 is 0. The summed E-state index contributed by atoms with van der Waals surface area (Å²) in [7, 11) is 0. The molecule has 0 spiro atoms. The third-order valence-corrected chi connectivity index (χ3v) is 2.56. The Bertz CT molecular complexity index is 572. The van der Waals surface area contributed by atoms with Crippen molar-refractivity contribution in [1.29, 1.82) is 0 Å². The standard InChI is InChI=1S/C11H5F5O2/c12-4-1-6-5(8(13)2-4)3-7(9(6)17)10(18)11(14,15)16/h1-2,17H,3H2/p-1. The monoisotopic (exact) mass is 263 g/mol. The van der Waals surface area contributed by atoms with Crippen LogP contribution in [0.5, 0.6) is 0 Å². The maximum atomic E-state index is 13.3. The molecule has 2 nitrogen and oxygen atoms in total. The molecule has 0 aromatic heterocycles. The Morgan fingerprint density at radius 3 is 2.39 bits per heavy atom. The molecule has 2 rings (SSSR count). The van der Waals surface area contributed by atoms with Crippen molar-refractivity contribution in [3.8, 4) is 0 Å². The predicted octanol–water partition coefficient (Wildman–Crippen LogP) is 1.72. The van der Waals surface area contributed by atoms with Crippen molar-refractivity contribution in [2.24, 2.45) is 0 Å². The minimum atomic E-state index is -5.21. The van der Waals surface area contributed by atoms with Crippen LogP contribution >= 0.6 is 0 Å². The normalized spacial score (nSPS) is 14.9. The summed E-state index contributed by atoms with van der Waals surface area (Å²) in [6.45, 7) is 0. The van der Waals surface area contributed by atoms with Crippen LogP contribution in [0.4, 0.5) is 22.0 Å². The number of rotatable bonds is 1. The van der Waals surface area contributed by atoms with Crippen molar-refractivity contribution in [3.63, 3.8) is 0 Å².